The van der Waals surface area contributed by atoms with Gasteiger partial charge in [0.15, 0.2) is 5.78 Å². The molecule has 0 radical (unpaired) electrons. The summed E-state index contributed by atoms with van der Waals surface area (Å²) in [6, 6.07) is 0. The molecule has 0 heterocycles. The first-order chi connectivity index (χ1) is 8.42. The molecule has 5 heteroatoms. The van der Waals surface area contributed by atoms with Crippen LogP contribution in [0.3, 0.4) is 0 Å². The molecule has 0 aliphatic rings. The molecule has 5 nitrogen and oxygen atoms in total. The Morgan fingerprint density at radius 2 is 1.94 bits per heavy atom. The highest BCUT2D eigenvalue weighted by molar-refractivity contribution is 5.87. The van der Waals surface area contributed by atoms with Gasteiger partial charge in [-0.1, -0.05) is 13.8 Å². The normalized spacial score (nSPS) is 12.3. The molecule has 0 spiro atoms. The molecule has 0 aromatic heterocycles. The van der Waals surface area contributed by atoms with Gasteiger partial charge in [0.05, 0.1) is 6.54 Å². The molecule has 0 saturated carbocycles. The van der Waals surface area contributed by atoms with Crippen LogP contribution in [0.15, 0.2) is 0 Å². The van der Waals surface area contributed by atoms with E-state index in [0.29, 0.717) is 6.61 Å². The maximum Gasteiger partial charge on any atom is 0.223 e. The van der Waals surface area contributed by atoms with Gasteiger partial charge in [-0.3, -0.25) is 9.59 Å². The van der Waals surface area contributed by atoms with Crippen LogP contribution in [0.4, 0.5) is 0 Å². The van der Waals surface area contributed by atoms with Crippen molar-refractivity contribution in [1.82, 2.24) is 4.90 Å². The summed E-state index contributed by atoms with van der Waals surface area (Å²) in [4.78, 5) is 35.4. The third-order valence-corrected chi connectivity index (χ3v) is 2.75. The van der Waals surface area contributed by atoms with Crippen molar-refractivity contribution >= 4 is 18.0 Å². The van der Waals surface area contributed by atoms with Gasteiger partial charge in [-0.15, -0.1) is 0 Å². The number of amides is 1. The predicted octanol–water partition coefficient (Wildman–Crippen LogP) is 0.912. The van der Waals surface area contributed by atoms with E-state index in [4.69, 9.17) is 4.74 Å². The van der Waals surface area contributed by atoms with Crippen molar-refractivity contribution in [2.24, 2.45) is 11.8 Å². The first-order valence-corrected chi connectivity index (χ1v) is 6.21. The van der Waals surface area contributed by atoms with Crippen LogP contribution < -0.4 is 0 Å². The van der Waals surface area contributed by atoms with E-state index in [-0.39, 0.29) is 43.1 Å². The lowest BCUT2D eigenvalue weighted by Crippen LogP contribution is -2.35. The Morgan fingerprint density at radius 3 is 2.39 bits per heavy atom. The second-order valence-electron chi connectivity index (χ2n) is 4.67. The molecule has 104 valence electrons. The molecular formula is C13H23NO4. The molecule has 1 unspecified atom stereocenters. The molecule has 18 heavy (non-hydrogen) atoms. The molecule has 0 aliphatic heterocycles. The second kappa shape index (κ2) is 8.80. The number of hydrogen-bond donors (Lipinski definition) is 0. The number of likely N-dealkylation sites (N-methyl/N-ethyl adjacent to an activating group) is 1. The zero-order valence-electron chi connectivity index (χ0n) is 11.6. The van der Waals surface area contributed by atoms with Crippen molar-refractivity contribution in [3.05, 3.63) is 0 Å². The molecule has 0 saturated heterocycles. The second-order valence-corrected chi connectivity index (χ2v) is 4.67. The Kier molecular flexibility index (Phi) is 8.20. The molecule has 0 aliphatic carbocycles. The summed E-state index contributed by atoms with van der Waals surface area (Å²) in [7, 11) is 1.56. The predicted molar refractivity (Wildman–Crippen MR) is 68.1 cm³/mol. The third kappa shape index (κ3) is 6.49. The minimum Gasteiger partial charge on any atom is -0.374 e. The molecule has 0 rings (SSSR count). The van der Waals surface area contributed by atoms with Gasteiger partial charge in [-0.2, -0.15) is 0 Å². The first-order valence-electron chi connectivity index (χ1n) is 6.21. The topological polar surface area (TPSA) is 63.7 Å². The Balaban J connectivity index is 4.17. The van der Waals surface area contributed by atoms with Gasteiger partial charge in [0, 0.05) is 26.0 Å². The maximum atomic E-state index is 11.8. The van der Waals surface area contributed by atoms with E-state index >= 15 is 0 Å². The molecular weight excluding hydrogens is 234 g/mol. The summed E-state index contributed by atoms with van der Waals surface area (Å²) >= 11 is 0. The Hall–Kier alpha value is -1.23. The smallest absolute Gasteiger partial charge is 0.223 e. The number of Topliss-reactive ketones (excluding diaryl/α,β-unsaturated/α-hetero) is 1. The van der Waals surface area contributed by atoms with E-state index in [2.05, 4.69) is 0 Å². The van der Waals surface area contributed by atoms with Gasteiger partial charge in [0.2, 0.25) is 5.91 Å². The van der Waals surface area contributed by atoms with Crippen molar-refractivity contribution in [3.8, 4) is 0 Å². The summed E-state index contributed by atoms with van der Waals surface area (Å²) in [5.41, 5.74) is 0. The van der Waals surface area contributed by atoms with Gasteiger partial charge < -0.3 is 14.4 Å². The molecule has 1 amide bonds. The standard InChI is InChI=1S/C13H23NO4/c1-5-18-9-12(16)7-14(4)13(17)6-11(8-15)10(2)3/h8,10-11H,5-7,9H2,1-4H3. The average Bonchev–Trinajstić information content (AvgIpc) is 2.32. The van der Waals surface area contributed by atoms with E-state index in [0.717, 1.165) is 6.29 Å². The van der Waals surface area contributed by atoms with E-state index in [9.17, 15) is 14.4 Å². The van der Waals surface area contributed by atoms with Crippen molar-refractivity contribution < 1.29 is 19.1 Å². The fourth-order valence-electron chi connectivity index (χ4n) is 1.41. The third-order valence-electron chi connectivity index (χ3n) is 2.75. The largest absolute Gasteiger partial charge is 0.374 e. The van der Waals surface area contributed by atoms with Crippen LogP contribution in [-0.4, -0.2) is 49.7 Å². The lowest BCUT2D eigenvalue weighted by Gasteiger charge is -2.20. The van der Waals surface area contributed by atoms with E-state index in [1.54, 1.807) is 14.0 Å². The summed E-state index contributed by atoms with van der Waals surface area (Å²) in [6.45, 7) is 6.13. The van der Waals surface area contributed by atoms with Crippen molar-refractivity contribution in [3.63, 3.8) is 0 Å². The molecule has 0 aromatic carbocycles. The monoisotopic (exact) mass is 257 g/mol. The number of hydrogen-bond acceptors (Lipinski definition) is 4. The highest BCUT2D eigenvalue weighted by Crippen LogP contribution is 2.13. The quantitative estimate of drug-likeness (QED) is 0.576. The minimum absolute atomic E-state index is 0.0232. The Bertz CT molecular complexity index is 289. The number of carbonyl (C=O) groups excluding carboxylic acids is 3. The molecule has 0 fully saturated rings. The van der Waals surface area contributed by atoms with Gasteiger partial charge in [0.1, 0.15) is 12.9 Å². The van der Waals surface area contributed by atoms with Crippen molar-refractivity contribution in [2.75, 3.05) is 26.8 Å². The zero-order chi connectivity index (χ0) is 14.1. The summed E-state index contributed by atoms with van der Waals surface area (Å²) in [5, 5.41) is 0. The molecule has 0 N–H and O–H groups in total. The van der Waals surface area contributed by atoms with Crippen LogP contribution in [0, 0.1) is 11.8 Å². The number of ketones is 1. The Morgan fingerprint density at radius 1 is 1.33 bits per heavy atom. The molecule has 0 aromatic rings. The highest BCUT2D eigenvalue weighted by atomic mass is 16.5. The molecule has 0 bridgehead atoms. The summed E-state index contributed by atoms with van der Waals surface area (Å²) < 4.78 is 4.97. The summed E-state index contributed by atoms with van der Waals surface area (Å²) in [5.74, 6) is -0.494. The van der Waals surface area contributed by atoms with Gasteiger partial charge >= 0.3 is 0 Å². The van der Waals surface area contributed by atoms with Crippen LogP contribution in [-0.2, 0) is 19.1 Å². The highest BCUT2D eigenvalue weighted by Gasteiger charge is 2.20. The van der Waals surface area contributed by atoms with Gasteiger partial charge in [-0.25, -0.2) is 0 Å². The number of rotatable bonds is 9. The van der Waals surface area contributed by atoms with Crippen LogP contribution in [0.25, 0.3) is 0 Å². The fraction of sp³-hybridized carbons (Fsp3) is 0.769. The van der Waals surface area contributed by atoms with E-state index in [1.807, 2.05) is 13.8 Å². The van der Waals surface area contributed by atoms with Gasteiger partial charge in [0.25, 0.3) is 0 Å². The van der Waals surface area contributed by atoms with Crippen molar-refractivity contribution in [2.45, 2.75) is 27.2 Å². The fourth-order valence-corrected chi connectivity index (χ4v) is 1.41. The van der Waals surface area contributed by atoms with Crippen LogP contribution >= 0.6 is 0 Å². The number of aldehydes is 1. The minimum atomic E-state index is -0.290. The van der Waals surface area contributed by atoms with E-state index in [1.165, 1.54) is 4.90 Å². The van der Waals surface area contributed by atoms with Gasteiger partial charge in [-0.05, 0) is 12.8 Å². The number of carbonyl (C=O) groups is 3. The van der Waals surface area contributed by atoms with E-state index < -0.39 is 0 Å². The lowest BCUT2D eigenvalue weighted by atomic mass is 9.93. The van der Waals surface area contributed by atoms with Crippen LogP contribution in [0.2, 0.25) is 0 Å². The van der Waals surface area contributed by atoms with Crippen LogP contribution in [0.5, 0.6) is 0 Å². The zero-order valence-corrected chi connectivity index (χ0v) is 11.6. The molecule has 1 atom stereocenters. The number of ether oxygens (including phenoxy) is 1. The maximum absolute atomic E-state index is 11.8. The Labute approximate surface area is 108 Å². The SMILES string of the molecule is CCOCC(=O)CN(C)C(=O)CC(C=O)C(C)C. The van der Waals surface area contributed by atoms with Crippen LogP contribution in [0.1, 0.15) is 27.2 Å². The van der Waals surface area contributed by atoms with Crippen molar-refractivity contribution in [1.29, 1.82) is 0 Å². The summed E-state index contributed by atoms with van der Waals surface area (Å²) in [6.07, 6.45) is 0.956. The average molecular weight is 257 g/mol. The number of nitrogens with zero attached hydrogens (tertiary/aromatic N) is 1. The lowest BCUT2D eigenvalue weighted by molar-refractivity contribution is -0.137. The first kappa shape index (κ1) is 16.8.